The zero-order valence-corrected chi connectivity index (χ0v) is 9.23. The van der Waals surface area contributed by atoms with Gasteiger partial charge >= 0.3 is 0 Å². The molecule has 1 atom stereocenters. The Labute approximate surface area is 85.5 Å². The molecular formula is C10H22O4. The van der Waals surface area contributed by atoms with E-state index >= 15 is 0 Å². The van der Waals surface area contributed by atoms with Gasteiger partial charge in [0.05, 0.1) is 19.8 Å². The lowest BCUT2D eigenvalue weighted by Gasteiger charge is -2.32. The van der Waals surface area contributed by atoms with Crippen molar-refractivity contribution < 1.29 is 20.1 Å². The summed E-state index contributed by atoms with van der Waals surface area (Å²) in [6.07, 6.45) is -0.709. The summed E-state index contributed by atoms with van der Waals surface area (Å²) in [4.78, 5) is 0. The minimum Gasteiger partial charge on any atom is -0.394 e. The molecule has 0 saturated carbocycles. The third-order valence-corrected chi connectivity index (χ3v) is 2.17. The summed E-state index contributed by atoms with van der Waals surface area (Å²) in [7, 11) is 0. The van der Waals surface area contributed by atoms with Gasteiger partial charge in [-0.15, -0.1) is 0 Å². The molecule has 0 aliphatic rings. The molecule has 4 heteroatoms. The van der Waals surface area contributed by atoms with Crippen molar-refractivity contribution in [3.63, 3.8) is 0 Å². The van der Waals surface area contributed by atoms with E-state index in [0.29, 0.717) is 12.3 Å². The van der Waals surface area contributed by atoms with E-state index in [1.54, 1.807) is 6.92 Å². The lowest BCUT2D eigenvalue weighted by Crippen LogP contribution is -2.38. The molecule has 1 unspecified atom stereocenters. The average molecular weight is 206 g/mol. The summed E-state index contributed by atoms with van der Waals surface area (Å²) < 4.78 is 5.14. The van der Waals surface area contributed by atoms with E-state index in [0.717, 1.165) is 0 Å². The molecule has 0 aromatic rings. The summed E-state index contributed by atoms with van der Waals surface area (Å²) in [5, 5.41) is 27.0. The molecule has 14 heavy (non-hydrogen) atoms. The minimum atomic E-state index is -1.39. The van der Waals surface area contributed by atoms with E-state index in [1.807, 2.05) is 13.8 Å². The zero-order valence-electron chi connectivity index (χ0n) is 9.23. The molecule has 0 spiro atoms. The van der Waals surface area contributed by atoms with Crippen LogP contribution in [0.2, 0.25) is 0 Å². The molecule has 0 heterocycles. The van der Waals surface area contributed by atoms with Crippen LogP contribution in [-0.4, -0.2) is 41.4 Å². The Morgan fingerprint density at radius 3 is 2.21 bits per heavy atom. The maximum Gasteiger partial charge on any atom is 0.159 e. The van der Waals surface area contributed by atoms with Crippen LogP contribution in [0.3, 0.4) is 0 Å². The van der Waals surface area contributed by atoms with E-state index < -0.39 is 11.7 Å². The SMILES string of the molecule is CC(C)CC(C)(COCCO)C(O)O. The Balaban J connectivity index is 4.10. The maximum atomic E-state index is 9.23. The van der Waals surface area contributed by atoms with Gasteiger partial charge in [0.15, 0.2) is 6.29 Å². The molecular weight excluding hydrogens is 184 g/mol. The minimum absolute atomic E-state index is 0.0424. The van der Waals surface area contributed by atoms with Gasteiger partial charge in [0, 0.05) is 5.41 Å². The summed E-state index contributed by atoms with van der Waals surface area (Å²) in [5.74, 6) is 0.375. The summed E-state index contributed by atoms with van der Waals surface area (Å²) >= 11 is 0. The molecule has 3 N–H and O–H groups in total. The van der Waals surface area contributed by atoms with Gasteiger partial charge < -0.3 is 20.1 Å². The van der Waals surface area contributed by atoms with Crippen LogP contribution in [0, 0.1) is 11.3 Å². The van der Waals surface area contributed by atoms with Crippen molar-refractivity contribution in [3.8, 4) is 0 Å². The third kappa shape index (κ3) is 4.91. The number of hydrogen-bond donors (Lipinski definition) is 3. The van der Waals surface area contributed by atoms with Gasteiger partial charge in [0.1, 0.15) is 0 Å². The Kier molecular flexibility index (Phi) is 6.27. The first kappa shape index (κ1) is 13.8. The second-order valence-corrected chi connectivity index (χ2v) is 4.40. The number of aliphatic hydroxyl groups is 3. The molecule has 4 nitrogen and oxygen atoms in total. The number of hydrogen-bond acceptors (Lipinski definition) is 4. The lowest BCUT2D eigenvalue weighted by atomic mass is 9.82. The molecule has 0 saturated heterocycles. The second-order valence-electron chi connectivity index (χ2n) is 4.40. The second kappa shape index (κ2) is 6.35. The van der Waals surface area contributed by atoms with Crippen LogP contribution in [0.4, 0.5) is 0 Å². The van der Waals surface area contributed by atoms with Crippen molar-refractivity contribution in [1.82, 2.24) is 0 Å². The van der Waals surface area contributed by atoms with Crippen LogP contribution in [0.1, 0.15) is 27.2 Å². The maximum absolute atomic E-state index is 9.23. The fraction of sp³-hybridized carbons (Fsp3) is 1.00. The van der Waals surface area contributed by atoms with E-state index in [2.05, 4.69) is 0 Å². The lowest BCUT2D eigenvalue weighted by molar-refractivity contribution is -0.160. The Morgan fingerprint density at radius 1 is 1.29 bits per heavy atom. The smallest absolute Gasteiger partial charge is 0.159 e. The third-order valence-electron chi connectivity index (χ3n) is 2.17. The molecule has 86 valence electrons. The number of ether oxygens (including phenoxy) is 1. The van der Waals surface area contributed by atoms with E-state index in [-0.39, 0.29) is 19.8 Å². The molecule has 0 aromatic carbocycles. The van der Waals surface area contributed by atoms with Crippen molar-refractivity contribution in [3.05, 3.63) is 0 Å². The predicted octanol–water partition coefficient (Wildman–Crippen LogP) is 0.358. The van der Waals surface area contributed by atoms with Crippen LogP contribution in [-0.2, 0) is 4.74 Å². The van der Waals surface area contributed by atoms with Crippen LogP contribution >= 0.6 is 0 Å². The molecule has 0 aromatic heterocycles. The van der Waals surface area contributed by atoms with Crippen LogP contribution in [0.25, 0.3) is 0 Å². The van der Waals surface area contributed by atoms with Gasteiger partial charge in [0.25, 0.3) is 0 Å². The number of aliphatic hydroxyl groups excluding tert-OH is 2. The molecule has 0 bridgehead atoms. The quantitative estimate of drug-likeness (QED) is 0.415. The van der Waals surface area contributed by atoms with Crippen LogP contribution < -0.4 is 0 Å². The molecule has 0 amide bonds. The van der Waals surface area contributed by atoms with Gasteiger partial charge in [-0.05, 0) is 12.3 Å². The molecule has 0 aliphatic heterocycles. The monoisotopic (exact) mass is 206 g/mol. The van der Waals surface area contributed by atoms with Gasteiger partial charge in [0.2, 0.25) is 0 Å². The van der Waals surface area contributed by atoms with E-state index in [9.17, 15) is 10.2 Å². The summed E-state index contributed by atoms with van der Waals surface area (Å²) in [5.41, 5.74) is -0.649. The standard InChI is InChI=1S/C10H22O4/c1-8(2)6-10(3,9(12)13)7-14-5-4-11/h8-9,11-13H,4-7H2,1-3H3. The Hall–Kier alpha value is -0.160. The van der Waals surface area contributed by atoms with Gasteiger partial charge in [-0.3, -0.25) is 0 Å². The largest absolute Gasteiger partial charge is 0.394 e. The van der Waals surface area contributed by atoms with Gasteiger partial charge in [-0.25, -0.2) is 0 Å². The summed E-state index contributed by atoms with van der Waals surface area (Å²) in [6, 6.07) is 0. The van der Waals surface area contributed by atoms with Crippen molar-refractivity contribution in [2.45, 2.75) is 33.5 Å². The average Bonchev–Trinajstić information content (AvgIpc) is 2.03. The molecule has 0 aliphatic carbocycles. The number of rotatable bonds is 7. The molecule has 0 radical (unpaired) electrons. The highest BCUT2D eigenvalue weighted by atomic mass is 16.5. The van der Waals surface area contributed by atoms with Crippen LogP contribution in [0.15, 0.2) is 0 Å². The first-order chi connectivity index (χ1) is 6.42. The van der Waals surface area contributed by atoms with Gasteiger partial charge in [-0.2, -0.15) is 0 Å². The van der Waals surface area contributed by atoms with Gasteiger partial charge in [-0.1, -0.05) is 20.8 Å². The first-order valence-electron chi connectivity index (χ1n) is 4.97. The van der Waals surface area contributed by atoms with Crippen molar-refractivity contribution in [1.29, 1.82) is 0 Å². The fourth-order valence-corrected chi connectivity index (χ4v) is 1.54. The highest BCUT2D eigenvalue weighted by Gasteiger charge is 2.32. The predicted molar refractivity (Wildman–Crippen MR) is 53.7 cm³/mol. The Bertz CT molecular complexity index is 147. The summed E-state index contributed by atoms with van der Waals surface area (Å²) in [6.45, 7) is 6.26. The van der Waals surface area contributed by atoms with Crippen molar-refractivity contribution >= 4 is 0 Å². The molecule has 0 rings (SSSR count). The van der Waals surface area contributed by atoms with Crippen LogP contribution in [0.5, 0.6) is 0 Å². The topological polar surface area (TPSA) is 69.9 Å². The highest BCUT2D eigenvalue weighted by Crippen LogP contribution is 2.29. The van der Waals surface area contributed by atoms with Crippen molar-refractivity contribution in [2.75, 3.05) is 19.8 Å². The Morgan fingerprint density at radius 2 is 1.86 bits per heavy atom. The highest BCUT2D eigenvalue weighted by molar-refractivity contribution is 4.77. The van der Waals surface area contributed by atoms with Crippen molar-refractivity contribution in [2.24, 2.45) is 11.3 Å². The van der Waals surface area contributed by atoms with E-state index in [1.165, 1.54) is 0 Å². The first-order valence-corrected chi connectivity index (χ1v) is 4.97. The zero-order chi connectivity index (χ0) is 11.2. The molecule has 0 fully saturated rings. The normalized spacial score (nSPS) is 16.3. The van der Waals surface area contributed by atoms with E-state index in [4.69, 9.17) is 9.84 Å². The fourth-order valence-electron chi connectivity index (χ4n) is 1.54.